The van der Waals surface area contributed by atoms with Crippen molar-refractivity contribution in [1.29, 1.82) is 0 Å². The van der Waals surface area contributed by atoms with Gasteiger partial charge in [0.05, 0.1) is 6.20 Å². The van der Waals surface area contributed by atoms with E-state index in [0.29, 0.717) is 6.04 Å². The van der Waals surface area contributed by atoms with E-state index in [-0.39, 0.29) is 5.82 Å². The largest absolute Gasteiger partial charge is 0.316 e. The van der Waals surface area contributed by atoms with E-state index in [1.54, 1.807) is 23.9 Å². The molecule has 2 rings (SSSR count). The van der Waals surface area contributed by atoms with Crippen LogP contribution in [0.25, 0.3) is 0 Å². The zero-order valence-corrected chi connectivity index (χ0v) is 12.7. The van der Waals surface area contributed by atoms with Gasteiger partial charge in [-0.25, -0.2) is 4.39 Å². The highest BCUT2D eigenvalue weighted by Gasteiger charge is 2.10. The van der Waals surface area contributed by atoms with Crippen molar-refractivity contribution < 1.29 is 4.39 Å². The number of halogens is 1. The summed E-state index contributed by atoms with van der Waals surface area (Å²) in [6, 6.07) is 7.08. The number of hydrogen-bond acceptors (Lipinski definition) is 3. The van der Waals surface area contributed by atoms with Gasteiger partial charge in [0.15, 0.2) is 0 Å². The third-order valence-electron chi connectivity index (χ3n) is 3.15. The van der Waals surface area contributed by atoms with Crippen molar-refractivity contribution in [2.24, 2.45) is 0 Å². The van der Waals surface area contributed by atoms with Crippen LogP contribution in [-0.2, 0) is 13.0 Å². The fourth-order valence-corrected chi connectivity index (χ4v) is 3.02. The summed E-state index contributed by atoms with van der Waals surface area (Å²) in [4.78, 5) is 0.967. The Labute approximate surface area is 123 Å². The van der Waals surface area contributed by atoms with Crippen molar-refractivity contribution in [2.75, 3.05) is 12.8 Å². The van der Waals surface area contributed by atoms with Gasteiger partial charge in [-0.3, -0.25) is 4.68 Å². The van der Waals surface area contributed by atoms with Crippen LogP contribution in [0.15, 0.2) is 41.6 Å². The third kappa shape index (κ3) is 4.35. The highest BCUT2D eigenvalue weighted by Crippen LogP contribution is 2.20. The van der Waals surface area contributed by atoms with Gasteiger partial charge in [-0.1, -0.05) is 6.07 Å². The molecule has 3 nitrogen and oxygen atoms in total. The standard InChI is InChI=1S/C15H20FN3S/c1-3-19-10-12(9-18-19)7-14(17-2)11-20-15-6-4-5-13(16)8-15/h4-6,8-10,14,17H,3,7,11H2,1-2H3. The third-order valence-corrected chi connectivity index (χ3v) is 4.30. The van der Waals surface area contributed by atoms with Crippen molar-refractivity contribution >= 4 is 11.8 Å². The molecule has 0 bridgehead atoms. The predicted molar refractivity (Wildman–Crippen MR) is 81.6 cm³/mol. The van der Waals surface area contributed by atoms with Crippen molar-refractivity contribution in [3.05, 3.63) is 48.0 Å². The Morgan fingerprint density at radius 1 is 1.45 bits per heavy atom. The fourth-order valence-electron chi connectivity index (χ4n) is 1.97. The lowest BCUT2D eigenvalue weighted by molar-refractivity contribution is 0.614. The Hall–Kier alpha value is -1.33. The van der Waals surface area contributed by atoms with Gasteiger partial charge in [-0.15, -0.1) is 11.8 Å². The summed E-state index contributed by atoms with van der Waals surface area (Å²) in [5, 5.41) is 7.60. The summed E-state index contributed by atoms with van der Waals surface area (Å²) < 4.78 is 15.1. The van der Waals surface area contributed by atoms with Crippen LogP contribution in [0.2, 0.25) is 0 Å². The molecular weight excluding hydrogens is 273 g/mol. The zero-order chi connectivity index (χ0) is 14.4. The number of benzene rings is 1. The van der Waals surface area contributed by atoms with E-state index in [0.717, 1.165) is 23.6 Å². The number of hydrogen-bond donors (Lipinski definition) is 1. The Balaban J connectivity index is 1.89. The summed E-state index contributed by atoms with van der Waals surface area (Å²) in [7, 11) is 1.96. The van der Waals surface area contributed by atoms with Crippen LogP contribution >= 0.6 is 11.8 Å². The monoisotopic (exact) mass is 293 g/mol. The average Bonchev–Trinajstić information content (AvgIpc) is 2.91. The van der Waals surface area contributed by atoms with E-state index < -0.39 is 0 Å². The van der Waals surface area contributed by atoms with Crippen molar-refractivity contribution in [3.63, 3.8) is 0 Å². The predicted octanol–water partition coefficient (Wildman–Crippen LogP) is 2.96. The first-order valence-electron chi connectivity index (χ1n) is 6.78. The first-order chi connectivity index (χ1) is 9.71. The fraction of sp³-hybridized carbons (Fsp3) is 0.400. The second-order valence-electron chi connectivity index (χ2n) is 4.66. The number of likely N-dealkylation sites (N-methyl/N-ethyl adjacent to an activating group) is 1. The lowest BCUT2D eigenvalue weighted by Crippen LogP contribution is -2.29. The molecule has 1 atom stereocenters. The molecule has 0 saturated carbocycles. The molecule has 1 aromatic heterocycles. The van der Waals surface area contributed by atoms with E-state index in [4.69, 9.17) is 0 Å². The van der Waals surface area contributed by atoms with Crippen LogP contribution in [0, 0.1) is 5.82 Å². The van der Waals surface area contributed by atoms with Crippen molar-refractivity contribution in [2.45, 2.75) is 30.8 Å². The van der Waals surface area contributed by atoms with Crippen LogP contribution in [0.4, 0.5) is 4.39 Å². The van der Waals surface area contributed by atoms with Gasteiger partial charge in [0.1, 0.15) is 5.82 Å². The summed E-state index contributed by atoms with van der Waals surface area (Å²) in [6.07, 6.45) is 4.93. The van der Waals surface area contributed by atoms with E-state index in [2.05, 4.69) is 23.5 Å². The molecule has 1 N–H and O–H groups in total. The molecule has 1 aromatic carbocycles. The van der Waals surface area contributed by atoms with Crippen molar-refractivity contribution in [1.82, 2.24) is 15.1 Å². The lowest BCUT2D eigenvalue weighted by atomic mass is 10.1. The Kier molecular flexibility index (Phi) is 5.61. The summed E-state index contributed by atoms with van der Waals surface area (Å²) in [5.41, 5.74) is 1.23. The topological polar surface area (TPSA) is 29.9 Å². The Bertz CT molecular complexity index is 541. The minimum Gasteiger partial charge on any atom is -0.316 e. The van der Waals surface area contributed by atoms with Gasteiger partial charge >= 0.3 is 0 Å². The second-order valence-corrected chi connectivity index (χ2v) is 5.76. The molecule has 0 aliphatic rings. The molecule has 2 aromatic rings. The second kappa shape index (κ2) is 7.45. The van der Waals surface area contributed by atoms with Crippen molar-refractivity contribution in [3.8, 4) is 0 Å². The molecule has 0 radical (unpaired) electrons. The molecule has 5 heteroatoms. The molecule has 0 aliphatic carbocycles. The SMILES string of the molecule is CCn1cc(CC(CSc2cccc(F)c2)NC)cn1. The Morgan fingerprint density at radius 2 is 2.30 bits per heavy atom. The number of nitrogens with one attached hydrogen (secondary N) is 1. The maximum absolute atomic E-state index is 13.1. The number of nitrogens with zero attached hydrogens (tertiary/aromatic N) is 2. The first-order valence-corrected chi connectivity index (χ1v) is 7.76. The quantitative estimate of drug-likeness (QED) is 0.796. The molecule has 0 fully saturated rings. The number of aryl methyl sites for hydroxylation is 1. The van der Waals surface area contributed by atoms with E-state index in [9.17, 15) is 4.39 Å². The maximum Gasteiger partial charge on any atom is 0.124 e. The molecule has 0 spiro atoms. The summed E-state index contributed by atoms with van der Waals surface area (Å²) in [6.45, 7) is 2.97. The smallest absolute Gasteiger partial charge is 0.124 e. The normalized spacial score (nSPS) is 12.6. The zero-order valence-electron chi connectivity index (χ0n) is 11.8. The molecule has 1 unspecified atom stereocenters. The van der Waals surface area contributed by atoms with Crippen LogP contribution in [0.3, 0.4) is 0 Å². The van der Waals surface area contributed by atoms with E-state index >= 15 is 0 Å². The van der Waals surface area contributed by atoms with Gasteiger partial charge in [0.25, 0.3) is 0 Å². The van der Waals surface area contributed by atoms with Gasteiger partial charge in [-0.05, 0) is 44.2 Å². The number of rotatable bonds is 7. The number of thioether (sulfide) groups is 1. The van der Waals surface area contributed by atoms with Crippen LogP contribution in [0.1, 0.15) is 12.5 Å². The summed E-state index contributed by atoms with van der Waals surface area (Å²) >= 11 is 1.67. The molecule has 1 heterocycles. The lowest BCUT2D eigenvalue weighted by Gasteiger charge is -2.14. The van der Waals surface area contributed by atoms with Gasteiger partial charge in [0, 0.05) is 29.4 Å². The molecule has 108 valence electrons. The molecule has 0 aliphatic heterocycles. The van der Waals surface area contributed by atoms with Gasteiger partial charge in [0.2, 0.25) is 0 Å². The average molecular weight is 293 g/mol. The number of aromatic nitrogens is 2. The Morgan fingerprint density at radius 3 is 2.95 bits per heavy atom. The highest BCUT2D eigenvalue weighted by molar-refractivity contribution is 7.99. The van der Waals surface area contributed by atoms with E-state index in [1.807, 2.05) is 24.0 Å². The summed E-state index contributed by atoms with van der Waals surface area (Å²) in [5.74, 6) is 0.720. The van der Waals surface area contributed by atoms with Gasteiger partial charge in [-0.2, -0.15) is 5.10 Å². The molecule has 20 heavy (non-hydrogen) atoms. The van der Waals surface area contributed by atoms with Crippen LogP contribution in [0.5, 0.6) is 0 Å². The molecule has 0 amide bonds. The van der Waals surface area contributed by atoms with Crippen LogP contribution < -0.4 is 5.32 Å². The first kappa shape index (κ1) is 15.1. The molecule has 0 saturated heterocycles. The molecular formula is C15H20FN3S. The van der Waals surface area contributed by atoms with Gasteiger partial charge < -0.3 is 5.32 Å². The van der Waals surface area contributed by atoms with Crippen LogP contribution in [-0.4, -0.2) is 28.6 Å². The minimum absolute atomic E-state index is 0.180. The highest BCUT2D eigenvalue weighted by atomic mass is 32.2. The van der Waals surface area contributed by atoms with E-state index in [1.165, 1.54) is 11.6 Å². The minimum atomic E-state index is -0.180. The maximum atomic E-state index is 13.1.